The molecule has 0 unspecified atom stereocenters. The van der Waals surface area contributed by atoms with E-state index in [0.717, 1.165) is 0 Å². The Morgan fingerprint density at radius 1 is 1.25 bits per heavy atom. The molecule has 1 rings (SSSR count). The van der Waals surface area contributed by atoms with Crippen LogP contribution in [0.1, 0.15) is 18.4 Å². The van der Waals surface area contributed by atoms with E-state index in [1.54, 1.807) is 24.3 Å². The van der Waals surface area contributed by atoms with Gasteiger partial charge in [0.05, 0.1) is 6.61 Å². The molecule has 1 atom stereocenters. The number of hydrogen-bond donors (Lipinski definition) is 4. The fourth-order valence-corrected chi connectivity index (χ4v) is 1.77. The quantitative estimate of drug-likeness (QED) is 0.503. The normalized spacial score (nSPS) is 11.2. The Morgan fingerprint density at radius 3 is 2.46 bits per heavy atom. The largest absolute Gasteiger partial charge is 0.480 e. The van der Waals surface area contributed by atoms with E-state index < -0.39 is 18.1 Å². The predicted molar refractivity (Wildman–Crippen MR) is 86.3 cm³/mol. The first-order chi connectivity index (χ1) is 11.5. The molecule has 8 nitrogen and oxygen atoms in total. The molecular weight excluding hydrogens is 316 g/mol. The average Bonchev–Trinajstić information content (AvgIpc) is 2.57. The highest BCUT2D eigenvalue weighted by atomic mass is 16.5. The third kappa shape index (κ3) is 6.93. The van der Waals surface area contributed by atoms with Gasteiger partial charge in [0.2, 0.25) is 5.91 Å². The number of benzene rings is 1. The van der Waals surface area contributed by atoms with E-state index >= 15 is 0 Å². The number of alkyl carbamates (subject to hydrolysis) is 1. The molecule has 0 aromatic heterocycles. The van der Waals surface area contributed by atoms with E-state index in [4.69, 9.17) is 10.2 Å². The van der Waals surface area contributed by atoms with Gasteiger partial charge in [0.25, 0.3) is 0 Å². The highest BCUT2D eigenvalue weighted by Gasteiger charge is 2.21. The van der Waals surface area contributed by atoms with Gasteiger partial charge >= 0.3 is 12.1 Å². The first kappa shape index (κ1) is 19.2. The highest BCUT2D eigenvalue weighted by Crippen LogP contribution is 2.10. The molecule has 2 amide bonds. The predicted octanol–water partition coefficient (Wildman–Crippen LogP) is 1.26. The number of carboxylic acids is 1. The summed E-state index contributed by atoms with van der Waals surface area (Å²) in [5, 5.41) is 22.8. The molecule has 0 fully saturated rings. The average molecular weight is 336 g/mol. The molecule has 0 radical (unpaired) electrons. The van der Waals surface area contributed by atoms with Gasteiger partial charge in [0.15, 0.2) is 0 Å². The van der Waals surface area contributed by atoms with Crippen LogP contribution in [-0.4, -0.2) is 40.8 Å². The minimum atomic E-state index is -1.26. The Bertz CT molecular complexity index is 585. The molecule has 0 aliphatic rings. The fourth-order valence-electron chi connectivity index (χ4n) is 1.77. The molecule has 8 heteroatoms. The van der Waals surface area contributed by atoms with Crippen molar-refractivity contribution in [3.05, 3.63) is 42.5 Å². The van der Waals surface area contributed by atoms with Crippen LogP contribution in [0.5, 0.6) is 0 Å². The zero-order valence-electron chi connectivity index (χ0n) is 13.0. The van der Waals surface area contributed by atoms with Gasteiger partial charge in [-0.3, -0.25) is 4.79 Å². The van der Waals surface area contributed by atoms with Crippen molar-refractivity contribution in [2.24, 2.45) is 0 Å². The SMILES string of the molecule is C=CCOC(=O)N[C@@H](CCC(=O)Nc1ccc(CO)cc1)C(=O)O. The molecule has 1 aromatic rings. The highest BCUT2D eigenvalue weighted by molar-refractivity contribution is 5.91. The van der Waals surface area contributed by atoms with Crippen LogP contribution in [0.15, 0.2) is 36.9 Å². The van der Waals surface area contributed by atoms with Crippen LogP contribution in [0, 0.1) is 0 Å². The zero-order valence-corrected chi connectivity index (χ0v) is 13.0. The van der Waals surface area contributed by atoms with Crippen LogP contribution in [0.25, 0.3) is 0 Å². The number of anilines is 1. The van der Waals surface area contributed by atoms with Crippen molar-refractivity contribution in [1.82, 2.24) is 5.32 Å². The lowest BCUT2D eigenvalue weighted by molar-refractivity contribution is -0.139. The monoisotopic (exact) mass is 336 g/mol. The standard InChI is InChI=1S/C16H20N2O6/c1-2-9-24-16(23)18-13(15(21)22)7-8-14(20)17-12-5-3-11(10-19)4-6-12/h2-6,13,19H,1,7-10H2,(H,17,20)(H,18,23)(H,21,22)/t13-/m0/s1. The van der Waals surface area contributed by atoms with E-state index in [2.05, 4.69) is 21.9 Å². The summed E-state index contributed by atoms with van der Waals surface area (Å²) in [5.74, 6) is -1.65. The summed E-state index contributed by atoms with van der Waals surface area (Å²) in [7, 11) is 0. The van der Waals surface area contributed by atoms with Crippen LogP contribution in [0.3, 0.4) is 0 Å². The molecule has 0 saturated carbocycles. The molecule has 24 heavy (non-hydrogen) atoms. The fraction of sp³-hybridized carbons (Fsp3) is 0.312. The Balaban J connectivity index is 2.47. The van der Waals surface area contributed by atoms with E-state index in [0.29, 0.717) is 11.3 Å². The molecule has 4 N–H and O–H groups in total. The van der Waals surface area contributed by atoms with Crippen LogP contribution in [-0.2, 0) is 20.9 Å². The topological polar surface area (TPSA) is 125 Å². The summed E-state index contributed by atoms with van der Waals surface area (Å²) in [5.41, 5.74) is 1.24. The van der Waals surface area contributed by atoms with E-state index in [-0.39, 0.29) is 32.0 Å². The number of ether oxygens (including phenoxy) is 1. The number of aliphatic carboxylic acids is 1. The lowest BCUT2D eigenvalue weighted by Crippen LogP contribution is -2.41. The van der Waals surface area contributed by atoms with Gasteiger partial charge < -0.3 is 25.6 Å². The molecule has 0 aliphatic carbocycles. The number of aliphatic hydroxyl groups is 1. The summed E-state index contributed by atoms with van der Waals surface area (Å²) in [6.45, 7) is 3.23. The van der Waals surface area contributed by atoms with E-state index in [9.17, 15) is 14.4 Å². The van der Waals surface area contributed by atoms with Gasteiger partial charge in [0, 0.05) is 12.1 Å². The minimum absolute atomic E-state index is 0.0392. The number of rotatable bonds is 9. The number of aliphatic hydroxyl groups excluding tert-OH is 1. The Hall–Kier alpha value is -2.87. The lowest BCUT2D eigenvalue weighted by Gasteiger charge is -2.14. The van der Waals surface area contributed by atoms with Crippen LogP contribution in [0.2, 0.25) is 0 Å². The molecule has 0 aliphatic heterocycles. The number of carboxylic acid groups (broad SMARTS) is 1. The van der Waals surface area contributed by atoms with E-state index in [1.807, 2.05) is 0 Å². The minimum Gasteiger partial charge on any atom is -0.480 e. The third-order valence-corrected chi connectivity index (χ3v) is 3.00. The molecule has 130 valence electrons. The molecule has 0 bridgehead atoms. The van der Waals surface area contributed by atoms with Crippen molar-refractivity contribution < 1.29 is 29.3 Å². The Kier molecular flexibility index (Phi) is 8.00. The number of hydrogen-bond acceptors (Lipinski definition) is 5. The summed E-state index contributed by atoms with van der Waals surface area (Å²) in [4.78, 5) is 34.3. The van der Waals surface area contributed by atoms with Crippen LogP contribution < -0.4 is 10.6 Å². The van der Waals surface area contributed by atoms with E-state index in [1.165, 1.54) is 6.08 Å². The van der Waals surface area contributed by atoms with Gasteiger partial charge in [-0.2, -0.15) is 0 Å². The van der Waals surface area contributed by atoms with Gasteiger partial charge in [-0.05, 0) is 24.1 Å². The van der Waals surface area contributed by atoms with Crippen molar-refractivity contribution in [3.63, 3.8) is 0 Å². The Labute approximate surface area is 139 Å². The summed E-state index contributed by atoms with van der Waals surface area (Å²) < 4.78 is 4.64. The number of nitrogens with one attached hydrogen (secondary N) is 2. The second-order valence-corrected chi connectivity index (χ2v) is 4.86. The summed E-state index contributed by atoms with van der Waals surface area (Å²) in [6, 6.07) is 5.34. The summed E-state index contributed by atoms with van der Waals surface area (Å²) in [6.07, 6.45) is 0.284. The van der Waals surface area contributed by atoms with Crippen LogP contribution in [0.4, 0.5) is 10.5 Å². The van der Waals surface area contributed by atoms with Crippen molar-refractivity contribution >= 4 is 23.7 Å². The second-order valence-electron chi connectivity index (χ2n) is 4.86. The first-order valence-electron chi connectivity index (χ1n) is 7.23. The van der Waals surface area contributed by atoms with Gasteiger partial charge in [0.1, 0.15) is 12.6 Å². The zero-order chi connectivity index (χ0) is 17.9. The van der Waals surface area contributed by atoms with Gasteiger partial charge in [-0.15, -0.1) is 0 Å². The molecule has 0 spiro atoms. The van der Waals surface area contributed by atoms with Gasteiger partial charge in [-0.1, -0.05) is 24.8 Å². The van der Waals surface area contributed by atoms with Crippen molar-refractivity contribution in [1.29, 1.82) is 0 Å². The number of amides is 2. The van der Waals surface area contributed by atoms with Crippen molar-refractivity contribution in [2.45, 2.75) is 25.5 Å². The third-order valence-electron chi connectivity index (χ3n) is 3.00. The first-order valence-corrected chi connectivity index (χ1v) is 7.23. The lowest BCUT2D eigenvalue weighted by atomic mass is 10.1. The number of carbonyl (C=O) groups is 3. The maximum Gasteiger partial charge on any atom is 0.408 e. The van der Waals surface area contributed by atoms with Crippen molar-refractivity contribution in [2.75, 3.05) is 11.9 Å². The van der Waals surface area contributed by atoms with Gasteiger partial charge in [-0.25, -0.2) is 9.59 Å². The maximum atomic E-state index is 11.8. The summed E-state index contributed by atoms with van der Waals surface area (Å²) >= 11 is 0. The smallest absolute Gasteiger partial charge is 0.408 e. The maximum absolute atomic E-state index is 11.8. The molecular formula is C16H20N2O6. The Morgan fingerprint density at radius 2 is 1.92 bits per heavy atom. The molecule has 0 heterocycles. The van der Waals surface area contributed by atoms with Crippen LogP contribution >= 0.6 is 0 Å². The number of carbonyl (C=O) groups excluding carboxylic acids is 2. The molecule has 0 saturated heterocycles. The molecule has 1 aromatic carbocycles. The van der Waals surface area contributed by atoms with Crippen molar-refractivity contribution in [3.8, 4) is 0 Å². The second kappa shape index (κ2) is 10.0.